The third-order valence-electron chi connectivity index (χ3n) is 5.40. The number of ether oxygens (including phenoxy) is 1. The van der Waals surface area contributed by atoms with Crippen molar-refractivity contribution in [2.45, 2.75) is 44.6 Å². The van der Waals surface area contributed by atoms with E-state index in [2.05, 4.69) is 10.3 Å². The number of halogens is 1. The number of nitriles is 1. The van der Waals surface area contributed by atoms with Gasteiger partial charge < -0.3 is 10.1 Å². The van der Waals surface area contributed by atoms with E-state index in [4.69, 9.17) is 4.74 Å². The van der Waals surface area contributed by atoms with Crippen LogP contribution in [-0.2, 0) is 19.9 Å². The molecule has 0 saturated carbocycles. The minimum absolute atomic E-state index is 0.00608. The number of nitrogens with one attached hydrogen (secondary N) is 1. The third kappa shape index (κ3) is 3.37. The number of ketones is 1. The Hall–Kier alpha value is -2.59. The maximum absolute atomic E-state index is 14.0. The number of carbonyl (C=O) groups excluding carboxylic acids is 2. The van der Waals surface area contributed by atoms with E-state index >= 15 is 0 Å². The van der Waals surface area contributed by atoms with E-state index in [0.717, 1.165) is 6.20 Å². The molecule has 1 N–H and O–H groups in total. The summed E-state index contributed by atoms with van der Waals surface area (Å²) < 4.78 is 19.8. The molecule has 2 unspecified atom stereocenters. The molecule has 142 valence electrons. The molecule has 2 aliphatic rings. The summed E-state index contributed by atoms with van der Waals surface area (Å²) in [7, 11) is 1.49. The summed E-state index contributed by atoms with van der Waals surface area (Å²) in [6.07, 6.45) is 3.75. The number of Topliss-reactive ketones (excluding diaryl/α,β-unsaturated/α-hetero) is 1. The predicted octanol–water partition coefficient (Wildman–Crippen LogP) is 2.50. The monoisotopic (exact) mass is 371 g/mol. The van der Waals surface area contributed by atoms with Crippen molar-refractivity contribution in [3.8, 4) is 6.07 Å². The van der Waals surface area contributed by atoms with Gasteiger partial charge in [-0.05, 0) is 36.5 Å². The van der Waals surface area contributed by atoms with Crippen molar-refractivity contribution in [3.63, 3.8) is 0 Å². The molecule has 1 amide bonds. The molecule has 0 bridgehead atoms. The third-order valence-corrected chi connectivity index (χ3v) is 5.40. The van der Waals surface area contributed by atoms with Crippen LogP contribution in [0.4, 0.5) is 4.39 Å². The summed E-state index contributed by atoms with van der Waals surface area (Å²) >= 11 is 0. The van der Waals surface area contributed by atoms with Gasteiger partial charge >= 0.3 is 0 Å². The first-order valence-corrected chi connectivity index (χ1v) is 8.88. The molecule has 3 rings (SSSR count). The molecule has 27 heavy (non-hydrogen) atoms. The van der Waals surface area contributed by atoms with Gasteiger partial charge in [0.05, 0.1) is 17.5 Å². The Labute approximate surface area is 157 Å². The molecule has 1 aliphatic carbocycles. The lowest BCUT2D eigenvalue weighted by molar-refractivity contribution is -0.128. The average Bonchev–Trinajstić information content (AvgIpc) is 2.64. The Morgan fingerprint density at radius 2 is 2.15 bits per heavy atom. The Balaban J connectivity index is 2.19. The molecule has 6 nitrogen and oxygen atoms in total. The number of carbonyl (C=O) groups is 2. The van der Waals surface area contributed by atoms with Crippen molar-refractivity contribution in [2.24, 2.45) is 5.41 Å². The van der Waals surface area contributed by atoms with Crippen molar-refractivity contribution < 1.29 is 18.7 Å². The van der Waals surface area contributed by atoms with Crippen molar-refractivity contribution >= 4 is 11.7 Å². The number of methoxy groups -OCH3 is 1. The molecule has 1 saturated heterocycles. The van der Waals surface area contributed by atoms with Crippen molar-refractivity contribution in [1.82, 2.24) is 10.3 Å². The quantitative estimate of drug-likeness (QED) is 0.881. The van der Waals surface area contributed by atoms with Crippen LogP contribution >= 0.6 is 0 Å². The zero-order chi connectivity index (χ0) is 19.8. The summed E-state index contributed by atoms with van der Waals surface area (Å²) in [5, 5.41) is 12.2. The molecule has 1 aliphatic heterocycles. The standard InChI is InChI=1S/C20H22FN3O3/c1-19(2)11-20(27-3,8-13(9-22)18(19)26)17-15(7-14(21)10-24-17)12-4-5-23-16(25)6-12/h7-8,10,12H,4-6,11H2,1-3H3,(H,23,25). The summed E-state index contributed by atoms with van der Waals surface area (Å²) in [4.78, 5) is 28.7. The summed E-state index contributed by atoms with van der Waals surface area (Å²) in [5.74, 6) is -1.05. The minimum atomic E-state index is -1.14. The van der Waals surface area contributed by atoms with Crippen LogP contribution in [0.2, 0.25) is 0 Å². The zero-order valence-corrected chi connectivity index (χ0v) is 15.6. The molecule has 0 aromatic carbocycles. The maximum atomic E-state index is 14.0. The van der Waals surface area contributed by atoms with Crippen LogP contribution in [0, 0.1) is 22.6 Å². The SMILES string of the molecule is COC1(c2ncc(F)cc2C2CCNC(=O)C2)C=C(C#N)C(=O)C(C)(C)C1. The number of hydrogen-bond acceptors (Lipinski definition) is 5. The number of nitrogens with zero attached hydrogens (tertiary/aromatic N) is 2. The fraction of sp³-hybridized carbons (Fsp3) is 0.500. The molecule has 1 aromatic rings. The number of pyridine rings is 1. The first-order valence-electron chi connectivity index (χ1n) is 8.88. The fourth-order valence-electron chi connectivity index (χ4n) is 4.08. The average molecular weight is 371 g/mol. The molecule has 1 aromatic heterocycles. The first-order chi connectivity index (χ1) is 12.7. The van der Waals surface area contributed by atoms with Crippen molar-refractivity contribution in [3.05, 3.63) is 41.0 Å². The second kappa shape index (κ2) is 6.86. The second-order valence-electron chi connectivity index (χ2n) is 7.78. The number of allylic oxidation sites excluding steroid dienone is 1. The molecule has 2 heterocycles. The normalized spacial score (nSPS) is 27.5. The summed E-state index contributed by atoms with van der Waals surface area (Å²) in [6.45, 7) is 4.01. The van der Waals surface area contributed by atoms with E-state index < -0.39 is 16.8 Å². The second-order valence-corrected chi connectivity index (χ2v) is 7.78. The molecular formula is C20H22FN3O3. The van der Waals surface area contributed by atoms with E-state index in [1.54, 1.807) is 13.8 Å². The van der Waals surface area contributed by atoms with Crippen LogP contribution in [-0.4, -0.2) is 30.3 Å². The van der Waals surface area contributed by atoms with Crippen molar-refractivity contribution in [2.75, 3.05) is 13.7 Å². The molecule has 1 fully saturated rings. The molecule has 0 spiro atoms. The minimum Gasteiger partial charge on any atom is -0.368 e. The van der Waals surface area contributed by atoms with E-state index in [1.807, 2.05) is 6.07 Å². The van der Waals surface area contributed by atoms with E-state index in [-0.39, 0.29) is 36.0 Å². The van der Waals surface area contributed by atoms with Crippen molar-refractivity contribution in [1.29, 1.82) is 5.26 Å². The Morgan fingerprint density at radius 3 is 2.78 bits per heavy atom. The van der Waals surface area contributed by atoms with Gasteiger partial charge in [-0.15, -0.1) is 0 Å². The first kappa shape index (κ1) is 19.2. The lowest BCUT2D eigenvalue weighted by Gasteiger charge is -2.41. The lowest BCUT2D eigenvalue weighted by Crippen LogP contribution is -2.43. The Kier molecular flexibility index (Phi) is 4.87. The van der Waals surface area contributed by atoms with Gasteiger partial charge in [0.1, 0.15) is 17.5 Å². The van der Waals surface area contributed by atoms with Gasteiger partial charge in [0, 0.05) is 25.5 Å². The van der Waals surface area contributed by atoms with Gasteiger partial charge in [0.15, 0.2) is 5.78 Å². The van der Waals surface area contributed by atoms with Gasteiger partial charge in [-0.25, -0.2) is 4.39 Å². The predicted molar refractivity (Wildman–Crippen MR) is 95.0 cm³/mol. The maximum Gasteiger partial charge on any atom is 0.220 e. The molecular weight excluding hydrogens is 349 g/mol. The highest BCUT2D eigenvalue weighted by Gasteiger charge is 2.48. The van der Waals surface area contributed by atoms with Gasteiger partial charge in [-0.3, -0.25) is 14.6 Å². The fourth-order valence-corrected chi connectivity index (χ4v) is 4.08. The van der Waals surface area contributed by atoms with E-state index in [1.165, 1.54) is 19.3 Å². The van der Waals surface area contributed by atoms with E-state index in [0.29, 0.717) is 24.2 Å². The summed E-state index contributed by atoms with van der Waals surface area (Å²) in [6, 6.07) is 3.34. The smallest absolute Gasteiger partial charge is 0.220 e. The lowest BCUT2D eigenvalue weighted by atomic mass is 9.67. The largest absolute Gasteiger partial charge is 0.368 e. The highest BCUT2D eigenvalue weighted by molar-refractivity contribution is 6.04. The zero-order valence-electron chi connectivity index (χ0n) is 15.6. The van der Waals surface area contributed by atoms with Crippen LogP contribution in [0.3, 0.4) is 0 Å². The van der Waals surface area contributed by atoms with Gasteiger partial charge in [-0.1, -0.05) is 13.8 Å². The highest BCUT2D eigenvalue weighted by atomic mass is 19.1. The van der Waals surface area contributed by atoms with Crippen LogP contribution in [0.25, 0.3) is 0 Å². The van der Waals surface area contributed by atoms with Crippen LogP contribution in [0.1, 0.15) is 50.3 Å². The van der Waals surface area contributed by atoms with Crippen LogP contribution < -0.4 is 5.32 Å². The topological polar surface area (TPSA) is 92.1 Å². The number of amides is 1. The van der Waals surface area contributed by atoms with Gasteiger partial charge in [-0.2, -0.15) is 5.26 Å². The van der Waals surface area contributed by atoms with Gasteiger partial charge in [0.25, 0.3) is 0 Å². The number of hydrogen-bond donors (Lipinski definition) is 1. The Bertz CT molecular complexity index is 872. The number of rotatable bonds is 3. The number of piperidine rings is 1. The highest BCUT2D eigenvalue weighted by Crippen LogP contribution is 2.47. The van der Waals surface area contributed by atoms with Crippen LogP contribution in [0.15, 0.2) is 23.9 Å². The molecule has 0 radical (unpaired) electrons. The molecule has 2 atom stereocenters. The van der Waals surface area contributed by atoms with Gasteiger partial charge in [0.2, 0.25) is 5.91 Å². The summed E-state index contributed by atoms with van der Waals surface area (Å²) in [5.41, 5.74) is -0.927. The number of aromatic nitrogens is 1. The molecule has 7 heteroatoms. The van der Waals surface area contributed by atoms with Crippen LogP contribution in [0.5, 0.6) is 0 Å². The Morgan fingerprint density at radius 1 is 1.41 bits per heavy atom. The van der Waals surface area contributed by atoms with E-state index in [9.17, 15) is 19.2 Å².